The standard InChI is InChI=1S/C23H30FN5O2/c24-21-6-1-4-18(14-21)20-15-26-23(27-16-20)29-9-2-5-19(17-29)22(30)25-7-3-8-28-10-12-31-13-11-28/h1,4,6,14-16,19H,2-3,5,7-13,17H2,(H,25,30). The van der Waals surface area contributed by atoms with Crippen LogP contribution in [0, 0.1) is 11.7 Å². The molecule has 2 aliphatic heterocycles. The number of anilines is 1. The minimum absolute atomic E-state index is 0.0522. The molecule has 8 heteroatoms. The fourth-order valence-electron chi connectivity index (χ4n) is 4.16. The second kappa shape index (κ2) is 10.6. The monoisotopic (exact) mass is 427 g/mol. The maximum Gasteiger partial charge on any atom is 0.225 e. The van der Waals surface area contributed by atoms with Crippen LogP contribution < -0.4 is 10.2 Å². The van der Waals surface area contributed by atoms with Crippen LogP contribution in [0.2, 0.25) is 0 Å². The highest BCUT2D eigenvalue weighted by Gasteiger charge is 2.27. The number of carbonyl (C=O) groups excluding carboxylic acids is 1. The molecule has 0 spiro atoms. The van der Waals surface area contributed by atoms with Gasteiger partial charge >= 0.3 is 0 Å². The number of ether oxygens (including phenoxy) is 1. The van der Waals surface area contributed by atoms with E-state index in [1.165, 1.54) is 12.1 Å². The van der Waals surface area contributed by atoms with Crippen LogP contribution in [0.15, 0.2) is 36.7 Å². The molecule has 0 saturated carbocycles. The van der Waals surface area contributed by atoms with Gasteiger partial charge in [0.1, 0.15) is 5.82 Å². The Kier molecular flexibility index (Phi) is 7.43. The van der Waals surface area contributed by atoms with E-state index in [1.54, 1.807) is 18.5 Å². The Morgan fingerprint density at radius 1 is 1.16 bits per heavy atom. The van der Waals surface area contributed by atoms with Crippen molar-refractivity contribution in [2.45, 2.75) is 19.3 Å². The summed E-state index contributed by atoms with van der Waals surface area (Å²) in [5.41, 5.74) is 1.52. The topological polar surface area (TPSA) is 70.6 Å². The fraction of sp³-hybridized carbons (Fsp3) is 0.522. The van der Waals surface area contributed by atoms with E-state index in [-0.39, 0.29) is 17.6 Å². The predicted octanol–water partition coefficient (Wildman–Crippen LogP) is 2.34. The zero-order valence-electron chi connectivity index (χ0n) is 17.8. The van der Waals surface area contributed by atoms with Gasteiger partial charge in [0.05, 0.1) is 19.1 Å². The number of piperidine rings is 1. The lowest BCUT2D eigenvalue weighted by Crippen LogP contribution is -2.44. The highest BCUT2D eigenvalue weighted by Crippen LogP contribution is 2.23. The molecule has 166 valence electrons. The summed E-state index contributed by atoms with van der Waals surface area (Å²) >= 11 is 0. The molecule has 2 fully saturated rings. The number of benzene rings is 1. The fourth-order valence-corrected chi connectivity index (χ4v) is 4.16. The summed E-state index contributed by atoms with van der Waals surface area (Å²) in [6, 6.07) is 6.40. The highest BCUT2D eigenvalue weighted by atomic mass is 19.1. The largest absolute Gasteiger partial charge is 0.379 e. The van der Waals surface area contributed by atoms with Gasteiger partial charge in [0.2, 0.25) is 11.9 Å². The van der Waals surface area contributed by atoms with Gasteiger partial charge in [0, 0.05) is 50.7 Å². The third-order valence-corrected chi connectivity index (χ3v) is 5.93. The molecule has 1 atom stereocenters. The normalized spacial score (nSPS) is 19.9. The average molecular weight is 428 g/mol. The van der Waals surface area contributed by atoms with Crippen molar-refractivity contribution in [1.82, 2.24) is 20.2 Å². The van der Waals surface area contributed by atoms with E-state index < -0.39 is 0 Å². The summed E-state index contributed by atoms with van der Waals surface area (Å²) in [6.07, 6.45) is 6.19. The first-order valence-corrected chi connectivity index (χ1v) is 11.1. The number of hydrogen-bond donors (Lipinski definition) is 1. The molecule has 2 aliphatic rings. The van der Waals surface area contributed by atoms with Crippen molar-refractivity contribution < 1.29 is 13.9 Å². The Bertz CT molecular complexity index is 857. The number of hydrogen-bond acceptors (Lipinski definition) is 6. The van der Waals surface area contributed by atoms with Crippen molar-refractivity contribution >= 4 is 11.9 Å². The lowest BCUT2D eigenvalue weighted by molar-refractivity contribution is -0.125. The van der Waals surface area contributed by atoms with Gasteiger partial charge in [0.15, 0.2) is 0 Å². The third kappa shape index (κ3) is 5.98. The van der Waals surface area contributed by atoms with Crippen LogP contribution in [-0.4, -0.2) is 73.3 Å². The number of rotatable bonds is 7. The quantitative estimate of drug-likeness (QED) is 0.684. The molecule has 31 heavy (non-hydrogen) atoms. The average Bonchev–Trinajstić information content (AvgIpc) is 2.82. The Labute approximate surface area is 182 Å². The zero-order chi connectivity index (χ0) is 21.5. The van der Waals surface area contributed by atoms with Gasteiger partial charge in [0.25, 0.3) is 0 Å². The van der Waals surface area contributed by atoms with Gasteiger partial charge in [-0.2, -0.15) is 0 Å². The molecule has 4 rings (SSSR count). The van der Waals surface area contributed by atoms with Gasteiger partial charge < -0.3 is 15.0 Å². The number of amides is 1. The summed E-state index contributed by atoms with van der Waals surface area (Å²) in [6.45, 7) is 6.70. The zero-order valence-corrected chi connectivity index (χ0v) is 17.8. The molecule has 1 amide bonds. The van der Waals surface area contributed by atoms with Crippen LogP contribution >= 0.6 is 0 Å². The molecule has 1 unspecified atom stereocenters. The van der Waals surface area contributed by atoms with Crippen molar-refractivity contribution in [2.24, 2.45) is 5.92 Å². The number of aromatic nitrogens is 2. The summed E-state index contributed by atoms with van der Waals surface area (Å²) in [4.78, 5) is 26.0. The lowest BCUT2D eigenvalue weighted by atomic mass is 9.97. The van der Waals surface area contributed by atoms with Gasteiger partial charge in [-0.1, -0.05) is 12.1 Å². The Morgan fingerprint density at radius 3 is 2.74 bits per heavy atom. The Balaban J connectivity index is 1.26. The Morgan fingerprint density at radius 2 is 1.97 bits per heavy atom. The molecule has 3 heterocycles. The smallest absolute Gasteiger partial charge is 0.225 e. The predicted molar refractivity (Wildman–Crippen MR) is 117 cm³/mol. The summed E-state index contributed by atoms with van der Waals surface area (Å²) in [7, 11) is 0. The van der Waals surface area contributed by atoms with Gasteiger partial charge in [-0.25, -0.2) is 14.4 Å². The van der Waals surface area contributed by atoms with E-state index in [4.69, 9.17) is 4.74 Å². The molecular weight excluding hydrogens is 397 g/mol. The highest BCUT2D eigenvalue weighted by molar-refractivity contribution is 5.79. The first kappa shape index (κ1) is 21.6. The minimum atomic E-state index is -0.281. The van der Waals surface area contributed by atoms with E-state index in [0.717, 1.165) is 69.8 Å². The molecule has 1 N–H and O–H groups in total. The number of carbonyl (C=O) groups is 1. The first-order valence-electron chi connectivity index (χ1n) is 11.1. The molecule has 2 aromatic rings. The summed E-state index contributed by atoms with van der Waals surface area (Å²) in [5, 5.41) is 3.10. The van der Waals surface area contributed by atoms with Crippen LogP contribution in [0.5, 0.6) is 0 Å². The maximum absolute atomic E-state index is 13.5. The van der Waals surface area contributed by atoms with Crippen molar-refractivity contribution in [2.75, 3.05) is 57.4 Å². The van der Waals surface area contributed by atoms with Crippen LogP contribution in [0.3, 0.4) is 0 Å². The maximum atomic E-state index is 13.5. The number of morpholine rings is 1. The Hall–Kier alpha value is -2.58. The van der Waals surface area contributed by atoms with E-state index in [9.17, 15) is 9.18 Å². The third-order valence-electron chi connectivity index (χ3n) is 5.93. The molecule has 2 saturated heterocycles. The van der Waals surface area contributed by atoms with Gasteiger partial charge in [-0.3, -0.25) is 9.69 Å². The number of nitrogens with zero attached hydrogens (tertiary/aromatic N) is 4. The van der Waals surface area contributed by atoms with Crippen LogP contribution in [0.1, 0.15) is 19.3 Å². The molecule has 0 aliphatic carbocycles. The summed E-state index contributed by atoms with van der Waals surface area (Å²) < 4.78 is 18.8. The molecule has 1 aromatic heterocycles. The minimum Gasteiger partial charge on any atom is -0.379 e. The van der Waals surface area contributed by atoms with Crippen LogP contribution in [-0.2, 0) is 9.53 Å². The lowest BCUT2D eigenvalue weighted by Gasteiger charge is -2.32. The van der Waals surface area contributed by atoms with Crippen molar-refractivity contribution in [3.63, 3.8) is 0 Å². The van der Waals surface area contributed by atoms with Crippen molar-refractivity contribution in [1.29, 1.82) is 0 Å². The number of halogens is 1. The van der Waals surface area contributed by atoms with Crippen molar-refractivity contribution in [3.8, 4) is 11.1 Å². The van der Waals surface area contributed by atoms with Crippen LogP contribution in [0.25, 0.3) is 11.1 Å². The van der Waals surface area contributed by atoms with E-state index >= 15 is 0 Å². The first-order chi connectivity index (χ1) is 15.2. The molecule has 7 nitrogen and oxygen atoms in total. The molecule has 0 bridgehead atoms. The van der Waals surface area contributed by atoms with E-state index in [1.807, 2.05) is 6.07 Å². The van der Waals surface area contributed by atoms with Crippen molar-refractivity contribution in [3.05, 3.63) is 42.5 Å². The van der Waals surface area contributed by atoms with Gasteiger partial charge in [-0.15, -0.1) is 0 Å². The molecule has 0 radical (unpaired) electrons. The molecular formula is C23H30FN5O2. The second-order valence-corrected chi connectivity index (χ2v) is 8.17. The SMILES string of the molecule is O=C(NCCCN1CCOCC1)C1CCCN(c2ncc(-c3cccc(F)c3)cn2)C1. The number of nitrogens with one attached hydrogen (secondary N) is 1. The van der Waals surface area contributed by atoms with Crippen LogP contribution in [0.4, 0.5) is 10.3 Å². The van der Waals surface area contributed by atoms with Gasteiger partial charge in [-0.05, 0) is 43.5 Å². The second-order valence-electron chi connectivity index (χ2n) is 8.17. The van der Waals surface area contributed by atoms with E-state index in [2.05, 4.69) is 25.1 Å². The molecule has 1 aromatic carbocycles. The summed E-state index contributed by atoms with van der Waals surface area (Å²) in [5.74, 6) is 0.396. The van der Waals surface area contributed by atoms with E-state index in [0.29, 0.717) is 19.0 Å².